The van der Waals surface area contributed by atoms with Crippen molar-refractivity contribution in [3.05, 3.63) is 59.9 Å². The molecule has 2 rings (SSSR count). The third kappa shape index (κ3) is 3.80. The molecule has 0 fully saturated rings. The van der Waals surface area contributed by atoms with Gasteiger partial charge in [0, 0.05) is 44.8 Å². The van der Waals surface area contributed by atoms with Crippen LogP contribution >= 0.6 is 0 Å². The molecule has 0 bridgehead atoms. The minimum absolute atomic E-state index is 0.308. The number of hydrogen-bond acceptors (Lipinski definition) is 3. The molecule has 0 saturated heterocycles. The fraction of sp³-hybridized carbons (Fsp3) is 0.312. The Labute approximate surface area is 115 Å². The van der Waals surface area contributed by atoms with Gasteiger partial charge in [-0.1, -0.05) is 18.2 Å². The number of nitrogens with zero attached hydrogens (tertiary/aromatic N) is 2. The van der Waals surface area contributed by atoms with Crippen LogP contribution in [0.3, 0.4) is 0 Å². The Hall–Kier alpha value is -1.87. The van der Waals surface area contributed by atoms with Crippen molar-refractivity contribution in [3.8, 4) is 0 Å². The lowest BCUT2D eigenvalue weighted by molar-refractivity contribution is 0.573. The molecule has 19 heavy (non-hydrogen) atoms. The van der Waals surface area contributed by atoms with E-state index >= 15 is 0 Å². The summed E-state index contributed by atoms with van der Waals surface area (Å²) in [5.74, 6) is 0. The van der Waals surface area contributed by atoms with Crippen LogP contribution in [0.5, 0.6) is 0 Å². The molecule has 3 heteroatoms. The predicted octanol–water partition coefficient (Wildman–Crippen LogP) is 3.00. The van der Waals surface area contributed by atoms with Crippen LogP contribution in [0, 0.1) is 0 Å². The SMILES string of the molecule is C[C@@H](NCc1ccc(N(C)C)cc1)c1cccnc1. The van der Waals surface area contributed by atoms with E-state index in [1.165, 1.54) is 16.8 Å². The van der Waals surface area contributed by atoms with Crippen LogP contribution in [0.2, 0.25) is 0 Å². The molecule has 0 aliphatic carbocycles. The van der Waals surface area contributed by atoms with Gasteiger partial charge < -0.3 is 10.2 Å². The quantitative estimate of drug-likeness (QED) is 0.890. The highest BCUT2D eigenvalue weighted by atomic mass is 15.1. The molecule has 1 heterocycles. The molecule has 1 aromatic heterocycles. The number of pyridine rings is 1. The molecule has 0 radical (unpaired) electrons. The number of hydrogen-bond donors (Lipinski definition) is 1. The third-order valence-electron chi connectivity index (χ3n) is 3.25. The van der Waals surface area contributed by atoms with Gasteiger partial charge in [0.2, 0.25) is 0 Å². The van der Waals surface area contributed by atoms with Gasteiger partial charge in [0.1, 0.15) is 0 Å². The van der Waals surface area contributed by atoms with Crippen LogP contribution in [-0.4, -0.2) is 19.1 Å². The molecule has 1 N–H and O–H groups in total. The molecule has 0 aliphatic heterocycles. The summed E-state index contributed by atoms with van der Waals surface area (Å²) in [6.45, 7) is 3.02. The molecule has 0 aliphatic rings. The van der Waals surface area contributed by atoms with Crippen molar-refractivity contribution in [2.45, 2.75) is 19.5 Å². The highest BCUT2D eigenvalue weighted by Crippen LogP contribution is 2.14. The zero-order chi connectivity index (χ0) is 13.7. The first-order valence-corrected chi connectivity index (χ1v) is 6.56. The van der Waals surface area contributed by atoms with Crippen molar-refractivity contribution in [1.29, 1.82) is 0 Å². The van der Waals surface area contributed by atoms with E-state index in [1.54, 1.807) is 6.20 Å². The summed E-state index contributed by atoms with van der Waals surface area (Å²) in [4.78, 5) is 6.25. The minimum atomic E-state index is 0.308. The summed E-state index contributed by atoms with van der Waals surface area (Å²) in [6.07, 6.45) is 3.71. The summed E-state index contributed by atoms with van der Waals surface area (Å²) < 4.78 is 0. The number of nitrogens with one attached hydrogen (secondary N) is 1. The highest BCUT2D eigenvalue weighted by Gasteiger charge is 2.04. The molecular weight excluding hydrogens is 234 g/mol. The third-order valence-corrected chi connectivity index (χ3v) is 3.25. The van der Waals surface area contributed by atoms with Crippen LogP contribution < -0.4 is 10.2 Å². The van der Waals surface area contributed by atoms with Gasteiger partial charge in [-0.3, -0.25) is 4.98 Å². The van der Waals surface area contributed by atoms with Crippen molar-refractivity contribution >= 4 is 5.69 Å². The molecule has 0 amide bonds. The van der Waals surface area contributed by atoms with E-state index in [9.17, 15) is 0 Å². The van der Waals surface area contributed by atoms with Gasteiger partial charge >= 0.3 is 0 Å². The summed E-state index contributed by atoms with van der Waals surface area (Å²) in [7, 11) is 4.11. The first-order chi connectivity index (χ1) is 9.16. The van der Waals surface area contributed by atoms with Gasteiger partial charge in [-0.05, 0) is 36.2 Å². The van der Waals surface area contributed by atoms with Crippen LogP contribution in [0.25, 0.3) is 0 Å². The average Bonchev–Trinajstić information content (AvgIpc) is 2.46. The molecule has 0 spiro atoms. The van der Waals surface area contributed by atoms with Crippen molar-refractivity contribution in [2.75, 3.05) is 19.0 Å². The number of aromatic nitrogens is 1. The Morgan fingerprint density at radius 3 is 2.47 bits per heavy atom. The standard InChI is InChI=1S/C16H21N3/c1-13(15-5-4-10-17-12-15)18-11-14-6-8-16(9-7-14)19(2)3/h4-10,12-13,18H,11H2,1-3H3/t13-/m1/s1. The lowest BCUT2D eigenvalue weighted by Crippen LogP contribution is -2.18. The van der Waals surface area contributed by atoms with Gasteiger partial charge in [0.25, 0.3) is 0 Å². The Bertz CT molecular complexity index is 491. The summed E-state index contributed by atoms with van der Waals surface area (Å²) >= 11 is 0. The maximum atomic E-state index is 4.15. The fourth-order valence-corrected chi connectivity index (χ4v) is 1.93. The molecule has 0 unspecified atom stereocenters. The Morgan fingerprint density at radius 2 is 1.89 bits per heavy atom. The summed E-state index contributed by atoms with van der Waals surface area (Å²) in [5, 5.41) is 3.51. The van der Waals surface area contributed by atoms with Crippen molar-refractivity contribution < 1.29 is 0 Å². The Kier molecular flexibility index (Phi) is 4.53. The van der Waals surface area contributed by atoms with Crippen molar-refractivity contribution in [3.63, 3.8) is 0 Å². The lowest BCUT2D eigenvalue weighted by atomic mass is 10.1. The molecule has 2 aromatic rings. The normalized spacial score (nSPS) is 12.2. The first kappa shape index (κ1) is 13.6. The number of rotatable bonds is 5. The zero-order valence-electron chi connectivity index (χ0n) is 11.8. The lowest BCUT2D eigenvalue weighted by Gasteiger charge is -2.15. The molecular formula is C16H21N3. The maximum Gasteiger partial charge on any atom is 0.0361 e. The van der Waals surface area contributed by atoms with E-state index in [2.05, 4.69) is 66.6 Å². The molecule has 1 aromatic carbocycles. The summed E-state index contributed by atoms with van der Waals surface area (Å²) in [6, 6.07) is 13.0. The molecule has 0 saturated carbocycles. The fourth-order valence-electron chi connectivity index (χ4n) is 1.93. The van der Waals surface area contributed by atoms with E-state index in [0.717, 1.165) is 6.54 Å². The molecule has 1 atom stereocenters. The van der Waals surface area contributed by atoms with Crippen LogP contribution in [-0.2, 0) is 6.54 Å². The summed E-state index contributed by atoms with van der Waals surface area (Å²) in [5.41, 5.74) is 3.73. The van der Waals surface area contributed by atoms with E-state index in [0.29, 0.717) is 6.04 Å². The van der Waals surface area contributed by atoms with E-state index < -0.39 is 0 Å². The van der Waals surface area contributed by atoms with Crippen LogP contribution in [0.4, 0.5) is 5.69 Å². The van der Waals surface area contributed by atoms with Gasteiger partial charge in [0.15, 0.2) is 0 Å². The Morgan fingerprint density at radius 1 is 1.16 bits per heavy atom. The zero-order valence-corrected chi connectivity index (χ0v) is 11.8. The molecule has 3 nitrogen and oxygen atoms in total. The van der Waals surface area contributed by atoms with Crippen molar-refractivity contribution in [1.82, 2.24) is 10.3 Å². The Balaban J connectivity index is 1.92. The van der Waals surface area contributed by atoms with E-state index in [4.69, 9.17) is 0 Å². The van der Waals surface area contributed by atoms with Crippen molar-refractivity contribution in [2.24, 2.45) is 0 Å². The second-order valence-corrected chi connectivity index (χ2v) is 4.95. The van der Waals surface area contributed by atoms with Gasteiger partial charge in [-0.15, -0.1) is 0 Å². The van der Waals surface area contributed by atoms with Gasteiger partial charge in [-0.25, -0.2) is 0 Å². The van der Waals surface area contributed by atoms with Crippen LogP contribution in [0.1, 0.15) is 24.1 Å². The topological polar surface area (TPSA) is 28.2 Å². The molecule has 100 valence electrons. The first-order valence-electron chi connectivity index (χ1n) is 6.56. The number of benzene rings is 1. The van der Waals surface area contributed by atoms with Crippen LogP contribution in [0.15, 0.2) is 48.8 Å². The second kappa shape index (κ2) is 6.34. The monoisotopic (exact) mass is 255 g/mol. The van der Waals surface area contributed by atoms with E-state index in [1.807, 2.05) is 12.3 Å². The smallest absolute Gasteiger partial charge is 0.0361 e. The maximum absolute atomic E-state index is 4.15. The minimum Gasteiger partial charge on any atom is -0.378 e. The van der Waals surface area contributed by atoms with Gasteiger partial charge in [0.05, 0.1) is 0 Å². The number of anilines is 1. The second-order valence-electron chi connectivity index (χ2n) is 4.95. The average molecular weight is 255 g/mol. The highest BCUT2D eigenvalue weighted by molar-refractivity contribution is 5.45. The van der Waals surface area contributed by atoms with Gasteiger partial charge in [-0.2, -0.15) is 0 Å². The largest absolute Gasteiger partial charge is 0.378 e. The van der Waals surface area contributed by atoms with E-state index in [-0.39, 0.29) is 0 Å². The predicted molar refractivity (Wildman–Crippen MR) is 80.3 cm³/mol.